The first kappa shape index (κ1) is 37.8. The molecule has 0 aromatic rings. The fourth-order valence-electron chi connectivity index (χ4n) is 11.4. The second kappa shape index (κ2) is 13.0. The van der Waals surface area contributed by atoms with Crippen LogP contribution in [0.25, 0.3) is 0 Å². The molecule has 3 unspecified atom stereocenters. The van der Waals surface area contributed by atoms with Crippen molar-refractivity contribution in [3.63, 3.8) is 0 Å². The van der Waals surface area contributed by atoms with Gasteiger partial charge < -0.3 is 35.0 Å². The molecule has 0 amide bonds. The van der Waals surface area contributed by atoms with Gasteiger partial charge in [0.1, 0.15) is 37.5 Å². The molecular formula is C34H54B4O9S. The minimum atomic E-state index is -1.60. The van der Waals surface area contributed by atoms with E-state index < -0.39 is 75.7 Å². The van der Waals surface area contributed by atoms with Gasteiger partial charge in [-0.3, -0.25) is 0 Å². The van der Waals surface area contributed by atoms with E-state index in [-0.39, 0.29) is 36.1 Å². The monoisotopic (exact) mass is 682 g/mol. The molecule has 5 aliphatic carbocycles. The molecule has 5 N–H and O–H groups in total. The molecule has 0 aromatic heterocycles. The summed E-state index contributed by atoms with van der Waals surface area (Å²) in [7, 11) is 8.36. The predicted octanol–water partition coefficient (Wildman–Crippen LogP) is -0.769. The van der Waals surface area contributed by atoms with E-state index in [4.69, 9.17) is 22.1 Å². The first-order valence-corrected chi connectivity index (χ1v) is 18.2. The van der Waals surface area contributed by atoms with Crippen LogP contribution in [0, 0.1) is 29.1 Å². The van der Waals surface area contributed by atoms with Gasteiger partial charge in [0, 0.05) is 28.3 Å². The van der Waals surface area contributed by atoms with Gasteiger partial charge >= 0.3 is 11.9 Å². The van der Waals surface area contributed by atoms with E-state index >= 15 is 0 Å². The Morgan fingerprint density at radius 1 is 0.938 bits per heavy atom. The average Bonchev–Trinajstić information content (AvgIpc) is 3.05. The van der Waals surface area contributed by atoms with Crippen LogP contribution in [-0.2, 0) is 19.1 Å². The topological polar surface area (TPSA) is 154 Å². The molecule has 14 heteroatoms. The van der Waals surface area contributed by atoms with Crippen molar-refractivity contribution in [1.29, 1.82) is 0 Å². The van der Waals surface area contributed by atoms with Crippen LogP contribution in [0.2, 0.25) is 15.9 Å². The van der Waals surface area contributed by atoms with Gasteiger partial charge in [0.25, 0.3) is 0 Å². The van der Waals surface area contributed by atoms with Crippen LogP contribution >= 0.6 is 12.6 Å². The van der Waals surface area contributed by atoms with Crippen LogP contribution in [0.1, 0.15) is 66.2 Å². The van der Waals surface area contributed by atoms with Crippen molar-refractivity contribution < 1.29 is 44.6 Å². The predicted molar refractivity (Wildman–Crippen MR) is 197 cm³/mol. The van der Waals surface area contributed by atoms with Crippen molar-refractivity contribution in [2.24, 2.45) is 29.1 Å². The third-order valence-electron chi connectivity index (χ3n) is 14.7. The van der Waals surface area contributed by atoms with Crippen LogP contribution in [-0.4, -0.2) is 117 Å². The number of fused-ring (bicyclic) bond motifs is 7. The molecule has 0 saturated heterocycles. The van der Waals surface area contributed by atoms with Gasteiger partial charge in [-0.25, -0.2) is 9.59 Å². The fourth-order valence-corrected chi connectivity index (χ4v) is 11.7. The summed E-state index contributed by atoms with van der Waals surface area (Å²) in [5.41, 5.74) is -0.0367. The van der Waals surface area contributed by atoms with Crippen molar-refractivity contribution in [2.75, 3.05) is 13.2 Å². The molecule has 0 radical (unpaired) electrons. The molecule has 0 spiro atoms. The molecule has 5 rings (SSSR count). The molecule has 0 aromatic carbocycles. The number of thiol groups is 1. The number of aliphatic hydroxyl groups excluding tert-OH is 5. The van der Waals surface area contributed by atoms with Gasteiger partial charge in [0.15, 0.2) is 6.10 Å². The highest BCUT2D eigenvalue weighted by Gasteiger charge is 2.75. The summed E-state index contributed by atoms with van der Waals surface area (Å²) >= 11 is 5.08. The number of esters is 2. The van der Waals surface area contributed by atoms with E-state index in [0.29, 0.717) is 24.0 Å². The van der Waals surface area contributed by atoms with Crippen LogP contribution in [0.4, 0.5) is 0 Å². The molecule has 48 heavy (non-hydrogen) atoms. The zero-order valence-corrected chi connectivity index (χ0v) is 30.8. The summed E-state index contributed by atoms with van der Waals surface area (Å²) in [6.45, 7) is 5.95. The standard InChI is InChI=1S/C34H54B4O9S/c1-5-16(3)28(44)46-26-27(47-29(45)17(4)6-2)33(37,48)13-21-20-7-8-23-31(35)11-10-22(41)18(14-39)19(31)9-12-32(23,36)34(20,38)25(43)24(42)30(21,26)15-40/h5-7,18-19,21-27,39-43,48H,8-15,35-38H2,1-4H3/b16-5-,17-6-/t18-,19?,21?,22+,23?,24-,25+,26+,27+,30+,31-,32+,33-,34-/m1/s1. The van der Waals surface area contributed by atoms with Crippen LogP contribution in [0.3, 0.4) is 0 Å². The lowest BCUT2D eigenvalue weighted by Gasteiger charge is -2.73. The number of rotatable bonds is 6. The highest BCUT2D eigenvalue weighted by molar-refractivity contribution is 7.83. The summed E-state index contributed by atoms with van der Waals surface area (Å²) < 4.78 is 11.2. The van der Waals surface area contributed by atoms with Crippen molar-refractivity contribution >= 4 is 56.0 Å². The molecule has 0 heterocycles. The Balaban J connectivity index is 1.68. The van der Waals surface area contributed by atoms with Gasteiger partial charge in [-0.05, 0) is 70.0 Å². The van der Waals surface area contributed by atoms with E-state index in [9.17, 15) is 35.1 Å². The fraction of sp³-hybridized carbons (Fsp3) is 0.765. The van der Waals surface area contributed by atoms with Crippen molar-refractivity contribution in [3.8, 4) is 0 Å². The molecule has 9 nitrogen and oxygen atoms in total. The normalized spacial score (nSPS) is 49.0. The highest BCUT2D eigenvalue weighted by atomic mass is 32.1. The lowest BCUT2D eigenvalue weighted by Crippen LogP contribution is -2.75. The minimum Gasteiger partial charge on any atom is -0.454 e. The van der Waals surface area contributed by atoms with Crippen LogP contribution in [0.15, 0.2) is 34.9 Å². The molecule has 262 valence electrons. The van der Waals surface area contributed by atoms with Gasteiger partial charge in [-0.2, -0.15) is 12.6 Å². The summed E-state index contributed by atoms with van der Waals surface area (Å²) in [6.07, 6.45) is 3.32. The molecule has 5 aliphatic rings. The number of hydrogen-bond donors (Lipinski definition) is 6. The number of allylic oxidation sites excluding steroid dienone is 3. The molecular weight excluding hydrogens is 628 g/mol. The van der Waals surface area contributed by atoms with E-state index in [0.717, 1.165) is 24.8 Å². The number of aliphatic hydroxyl groups is 5. The Morgan fingerprint density at radius 2 is 1.52 bits per heavy atom. The second-order valence-electron chi connectivity index (χ2n) is 16.5. The number of ether oxygens (including phenoxy) is 2. The van der Waals surface area contributed by atoms with E-state index in [1.165, 1.54) is 0 Å². The summed E-state index contributed by atoms with van der Waals surface area (Å²) in [5.74, 6) is -1.86. The van der Waals surface area contributed by atoms with E-state index in [1.54, 1.807) is 39.8 Å². The maximum absolute atomic E-state index is 13.5. The van der Waals surface area contributed by atoms with Crippen molar-refractivity contribution in [2.45, 2.75) is 117 Å². The second-order valence-corrected chi connectivity index (χ2v) is 17.6. The number of carbonyl (C=O) groups is 2. The first-order chi connectivity index (χ1) is 22.4. The smallest absolute Gasteiger partial charge is 0.333 e. The van der Waals surface area contributed by atoms with Crippen molar-refractivity contribution in [1.82, 2.24) is 0 Å². The Hall–Kier alpha value is -1.43. The number of hydrogen-bond acceptors (Lipinski definition) is 10. The largest absolute Gasteiger partial charge is 0.454 e. The van der Waals surface area contributed by atoms with E-state index in [1.807, 2.05) is 15.7 Å². The summed E-state index contributed by atoms with van der Waals surface area (Å²) in [5, 5.41) is 56.1. The van der Waals surface area contributed by atoms with Gasteiger partial charge in [-0.1, -0.05) is 53.7 Å². The quantitative estimate of drug-likeness (QED) is 0.0698. The third-order valence-corrected chi connectivity index (χ3v) is 15.1. The average molecular weight is 682 g/mol. The van der Waals surface area contributed by atoms with E-state index in [2.05, 4.69) is 21.8 Å². The third kappa shape index (κ3) is 5.12. The minimum absolute atomic E-state index is 0.0711. The Labute approximate surface area is 294 Å². The van der Waals surface area contributed by atoms with Gasteiger partial charge in [-0.15, -0.1) is 0 Å². The molecule has 0 bridgehead atoms. The Morgan fingerprint density at radius 3 is 2.06 bits per heavy atom. The lowest BCUT2D eigenvalue weighted by molar-refractivity contribution is -0.244. The maximum atomic E-state index is 13.5. The van der Waals surface area contributed by atoms with Crippen molar-refractivity contribution in [3.05, 3.63) is 34.9 Å². The summed E-state index contributed by atoms with van der Waals surface area (Å²) in [4.78, 5) is 26.7. The van der Waals surface area contributed by atoms with Crippen LogP contribution < -0.4 is 0 Å². The maximum Gasteiger partial charge on any atom is 0.333 e. The summed E-state index contributed by atoms with van der Waals surface area (Å²) in [6, 6.07) is 0. The Bertz CT molecular complexity index is 1410. The molecule has 14 atom stereocenters. The zero-order chi connectivity index (χ0) is 35.8. The number of carbonyl (C=O) groups excluding carboxylic acids is 2. The van der Waals surface area contributed by atoms with Crippen LogP contribution in [0.5, 0.6) is 0 Å². The lowest BCUT2D eigenvalue weighted by atomic mass is 9.22. The molecule has 4 saturated carbocycles. The first-order valence-electron chi connectivity index (χ1n) is 17.7. The SMILES string of the molecule is B[C@]12CC[C@H](O)[C@H](CO)C1CC[C@]1(B)C2CC=C2C3C[C@@](B)(S)[C@@H](OC(=O)/C(C)=C\C)[C@H](OC(=O)/C(C)=C\C)[C@]3(CO)[C@H](O)[C@H](O)[C@]21B. The molecule has 4 fully saturated rings. The molecule has 0 aliphatic heterocycles. The van der Waals surface area contributed by atoms with Gasteiger partial charge in [0.2, 0.25) is 0 Å². The highest BCUT2D eigenvalue weighted by Crippen LogP contribution is 2.80. The Kier molecular flexibility index (Phi) is 10.2. The zero-order valence-electron chi connectivity index (χ0n) is 29.9. The van der Waals surface area contributed by atoms with Gasteiger partial charge in [0.05, 0.1) is 30.3 Å².